The third kappa shape index (κ3) is 2.58. The Bertz CT molecular complexity index is 347. The summed E-state index contributed by atoms with van der Waals surface area (Å²) in [6.45, 7) is 1.54. The van der Waals surface area contributed by atoms with Crippen LogP contribution in [0.1, 0.15) is 12.5 Å². The topological polar surface area (TPSA) is 72.0 Å². The number of nitrogens with zero attached hydrogens (tertiary/aromatic N) is 2. The van der Waals surface area contributed by atoms with E-state index in [9.17, 15) is 0 Å². The molecule has 0 aromatic carbocycles. The van der Waals surface area contributed by atoms with Gasteiger partial charge in [0.1, 0.15) is 29.0 Å². The monoisotopic (exact) mass is 197 g/mol. The van der Waals surface area contributed by atoms with Crippen molar-refractivity contribution >= 4 is 17.4 Å². The van der Waals surface area contributed by atoms with Crippen LogP contribution in [0.5, 0.6) is 0 Å². The van der Waals surface area contributed by atoms with Crippen molar-refractivity contribution in [3.63, 3.8) is 0 Å². The summed E-state index contributed by atoms with van der Waals surface area (Å²) >= 11 is 5.70. The fraction of sp³-hybridized carbons (Fsp3) is 0.250. The summed E-state index contributed by atoms with van der Waals surface area (Å²) < 4.78 is 0. The van der Waals surface area contributed by atoms with E-state index in [1.54, 1.807) is 6.92 Å². The lowest BCUT2D eigenvalue weighted by Gasteiger charge is -1.97. The van der Waals surface area contributed by atoms with Gasteiger partial charge in [0.05, 0.1) is 0 Å². The van der Waals surface area contributed by atoms with Gasteiger partial charge in [-0.05, 0) is 6.92 Å². The van der Waals surface area contributed by atoms with Crippen LogP contribution in [-0.4, -0.2) is 21.2 Å². The Morgan fingerprint density at radius 3 is 2.85 bits per heavy atom. The molecular formula is C8H8ClN3O. The van der Waals surface area contributed by atoms with Crippen LogP contribution in [0.15, 0.2) is 6.33 Å². The maximum absolute atomic E-state index is 8.90. The number of nitrogens with two attached hydrogens (primary N) is 1. The van der Waals surface area contributed by atoms with Crippen LogP contribution in [0.3, 0.4) is 0 Å². The van der Waals surface area contributed by atoms with Crippen LogP contribution in [0.2, 0.25) is 5.15 Å². The Morgan fingerprint density at radius 1 is 1.62 bits per heavy atom. The van der Waals surface area contributed by atoms with Gasteiger partial charge in [-0.15, -0.1) is 0 Å². The molecule has 1 heterocycles. The minimum absolute atomic E-state index is 0.195. The van der Waals surface area contributed by atoms with Gasteiger partial charge in [0, 0.05) is 0 Å². The lowest BCUT2D eigenvalue weighted by molar-refractivity contribution is 0.253. The Balaban J connectivity index is 3.09. The minimum atomic E-state index is -0.726. The molecule has 0 spiro atoms. The normalized spacial score (nSPS) is 11.6. The highest BCUT2D eigenvalue weighted by atomic mass is 35.5. The van der Waals surface area contributed by atoms with E-state index in [-0.39, 0.29) is 11.0 Å². The quantitative estimate of drug-likeness (QED) is 0.468. The second kappa shape index (κ2) is 4.08. The van der Waals surface area contributed by atoms with E-state index in [1.807, 2.05) is 0 Å². The van der Waals surface area contributed by atoms with Crippen molar-refractivity contribution in [2.75, 3.05) is 5.73 Å². The Labute approximate surface area is 80.8 Å². The Hall–Kier alpha value is -1.31. The number of hydrogen-bond acceptors (Lipinski definition) is 4. The van der Waals surface area contributed by atoms with Gasteiger partial charge in [-0.3, -0.25) is 0 Å². The molecule has 3 N–H and O–H groups in total. The Morgan fingerprint density at radius 2 is 2.31 bits per heavy atom. The summed E-state index contributed by atoms with van der Waals surface area (Å²) in [6.07, 6.45) is 0.529. The van der Waals surface area contributed by atoms with Crippen LogP contribution in [-0.2, 0) is 0 Å². The number of aromatic nitrogens is 2. The van der Waals surface area contributed by atoms with Crippen molar-refractivity contribution in [2.45, 2.75) is 13.0 Å². The molecule has 0 bridgehead atoms. The maximum atomic E-state index is 8.90. The van der Waals surface area contributed by atoms with Crippen LogP contribution < -0.4 is 5.73 Å². The van der Waals surface area contributed by atoms with Crippen LogP contribution in [0, 0.1) is 11.8 Å². The SMILES string of the molecule is CC(O)C#Cc1c(N)ncnc1Cl. The number of aliphatic hydroxyl groups is 1. The number of nitrogen functional groups attached to an aromatic ring is 1. The van der Waals surface area contributed by atoms with E-state index in [1.165, 1.54) is 6.33 Å². The average molecular weight is 198 g/mol. The molecule has 1 aromatic rings. The first kappa shape index (κ1) is 9.78. The van der Waals surface area contributed by atoms with Gasteiger partial charge in [-0.1, -0.05) is 23.4 Å². The number of aliphatic hydroxyl groups excluding tert-OH is 1. The highest BCUT2D eigenvalue weighted by Gasteiger charge is 2.03. The van der Waals surface area contributed by atoms with Gasteiger partial charge in [-0.2, -0.15) is 0 Å². The zero-order valence-corrected chi connectivity index (χ0v) is 7.71. The molecular weight excluding hydrogens is 190 g/mol. The van der Waals surface area contributed by atoms with Crippen molar-refractivity contribution in [1.82, 2.24) is 9.97 Å². The van der Waals surface area contributed by atoms with E-state index < -0.39 is 6.10 Å². The molecule has 0 aliphatic heterocycles. The average Bonchev–Trinajstić information content (AvgIpc) is 2.03. The maximum Gasteiger partial charge on any atom is 0.150 e. The van der Waals surface area contributed by atoms with E-state index in [2.05, 4.69) is 21.8 Å². The standard InChI is InChI=1S/C8H8ClN3O/c1-5(13)2-3-6-7(9)11-4-12-8(6)10/h4-5,13H,1H3,(H2,10,11,12). The van der Waals surface area contributed by atoms with Crippen LogP contribution >= 0.6 is 11.6 Å². The molecule has 1 atom stereocenters. The fourth-order valence-electron chi connectivity index (χ4n) is 0.669. The summed E-state index contributed by atoms with van der Waals surface area (Å²) in [4.78, 5) is 7.42. The molecule has 68 valence electrons. The number of halogens is 1. The van der Waals surface area contributed by atoms with E-state index in [0.29, 0.717) is 5.56 Å². The minimum Gasteiger partial charge on any atom is -0.383 e. The second-order valence-corrected chi connectivity index (χ2v) is 2.73. The molecule has 4 nitrogen and oxygen atoms in total. The van der Waals surface area contributed by atoms with Gasteiger partial charge in [0.2, 0.25) is 0 Å². The van der Waals surface area contributed by atoms with Crippen molar-refractivity contribution < 1.29 is 5.11 Å². The molecule has 1 rings (SSSR count). The van der Waals surface area contributed by atoms with Gasteiger partial charge in [-0.25, -0.2) is 9.97 Å². The molecule has 0 radical (unpaired) electrons. The van der Waals surface area contributed by atoms with E-state index >= 15 is 0 Å². The van der Waals surface area contributed by atoms with Crippen molar-refractivity contribution in [2.24, 2.45) is 0 Å². The van der Waals surface area contributed by atoms with Gasteiger partial charge >= 0.3 is 0 Å². The number of rotatable bonds is 0. The second-order valence-electron chi connectivity index (χ2n) is 2.37. The molecule has 1 aromatic heterocycles. The van der Waals surface area contributed by atoms with Crippen LogP contribution in [0.4, 0.5) is 5.82 Å². The van der Waals surface area contributed by atoms with Gasteiger partial charge in [0.25, 0.3) is 0 Å². The summed E-state index contributed by atoms with van der Waals surface area (Å²) in [5.41, 5.74) is 5.84. The zero-order valence-electron chi connectivity index (χ0n) is 6.95. The third-order valence-electron chi connectivity index (χ3n) is 1.24. The Kier molecular flexibility index (Phi) is 3.07. The first-order valence-electron chi connectivity index (χ1n) is 3.57. The number of hydrogen-bond donors (Lipinski definition) is 2. The lowest BCUT2D eigenvalue weighted by Crippen LogP contribution is -1.98. The first-order chi connectivity index (χ1) is 6.11. The smallest absolute Gasteiger partial charge is 0.150 e. The zero-order chi connectivity index (χ0) is 9.84. The lowest BCUT2D eigenvalue weighted by atomic mass is 10.3. The molecule has 5 heteroatoms. The van der Waals surface area contributed by atoms with Gasteiger partial charge in [0.15, 0.2) is 0 Å². The van der Waals surface area contributed by atoms with Gasteiger partial charge < -0.3 is 10.8 Å². The molecule has 0 aliphatic rings. The predicted molar refractivity (Wildman–Crippen MR) is 50.0 cm³/mol. The molecule has 0 saturated carbocycles. The van der Waals surface area contributed by atoms with E-state index in [0.717, 1.165) is 0 Å². The molecule has 0 fully saturated rings. The third-order valence-corrected chi connectivity index (χ3v) is 1.52. The first-order valence-corrected chi connectivity index (χ1v) is 3.94. The molecule has 0 amide bonds. The summed E-state index contributed by atoms with van der Waals surface area (Å²) in [5.74, 6) is 5.32. The molecule has 13 heavy (non-hydrogen) atoms. The highest BCUT2D eigenvalue weighted by molar-refractivity contribution is 6.30. The summed E-state index contributed by atoms with van der Waals surface area (Å²) in [5, 5.41) is 9.09. The predicted octanol–water partition coefficient (Wildman–Crippen LogP) is 0.444. The summed E-state index contributed by atoms with van der Waals surface area (Å²) in [7, 11) is 0. The van der Waals surface area contributed by atoms with Crippen molar-refractivity contribution in [3.05, 3.63) is 17.0 Å². The molecule has 0 aliphatic carbocycles. The highest BCUT2D eigenvalue weighted by Crippen LogP contribution is 2.14. The summed E-state index contributed by atoms with van der Waals surface area (Å²) in [6, 6.07) is 0. The fourth-order valence-corrected chi connectivity index (χ4v) is 0.856. The number of anilines is 1. The molecule has 0 saturated heterocycles. The van der Waals surface area contributed by atoms with Crippen molar-refractivity contribution in [1.29, 1.82) is 0 Å². The van der Waals surface area contributed by atoms with E-state index in [4.69, 9.17) is 22.4 Å². The van der Waals surface area contributed by atoms with Crippen LogP contribution in [0.25, 0.3) is 0 Å². The largest absolute Gasteiger partial charge is 0.383 e. The van der Waals surface area contributed by atoms with Crippen molar-refractivity contribution in [3.8, 4) is 11.8 Å². The molecule has 1 unspecified atom stereocenters.